The summed E-state index contributed by atoms with van der Waals surface area (Å²) in [6.45, 7) is 3.24. The number of piperidine rings is 1. The number of carbonyl (C=O) groups is 1. The van der Waals surface area contributed by atoms with E-state index in [1.165, 1.54) is 5.56 Å². The highest BCUT2D eigenvalue weighted by molar-refractivity contribution is 5.85. The van der Waals surface area contributed by atoms with Gasteiger partial charge in [-0.2, -0.15) is 0 Å². The van der Waals surface area contributed by atoms with Crippen molar-refractivity contribution in [2.45, 2.75) is 25.3 Å². The van der Waals surface area contributed by atoms with Crippen LogP contribution >= 0.6 is 24.8 Å². The molecule has 0 aliphatic carbocycles. The predicted molar refractivity (Wildman–Crippen MR) is 94.3 cm³/mol. The van der Waals surface area contributed by atoms with Crippen molar-refractivity contribution in [3.63, 3.8) is 0 Å². The van der Waals surface area contributed by atoms with Crippen LogP contribution in [0.15, 0.2) is 24.5 Å². The van der Waals surface area contributed by atoms with E-state index in [0.717, 1.165) is 39.0 Å². The molecule has 2 fully saturated rings. The first kappa shape index (κ1) is 20.2. The third kappa shape index (κ3) is 5.60. The van der Waals surface area contributed by atoms with Crippen LogP contribution in [0.25, 0.3) is 0 Å². The molecule has 0 saturated carbocycles. The van der Waals surface area contributed by atoms with Crippen molar-refractivity contribution in [1.29, 1.82) is 0 Å². The number of aromatic nitrogens is 1. The van der Waals surface area contributed by atoms with E-state index in [-0.39, 0.29) is 42.7 Å². The first-order valence-corrected chi connectivity index (χ1v) is 7.80. The lowest BCUT2D eigenvalue weighted by molar-refractivity contribution is -0.126. The molecule has 1 aromatic rings. The van der Waals surface area contributed by atoms with Crippen molar-refractivity contribution in [3.8, 4) is 0 Å². The van der Waals surface area contributed by atoms with Gasteiger partial charge in [-0.25, -0.2) is 0 Å². The van der Waals surface area contributed by atoms with Gasteiger partial charge in [-0.1, -0.05) is 0 Å². The molecule has 1 amide bonds. The molecule has 23 heavy (non-hydrogen) atoms. The van der Waals surface area contributed by atoms with E-state index in [4.69, 9.17) is 4.74 Å². The zero-order valence-corrected chi connectivity index (χ0v) is 14.7. The second-order valence-corrected chi connectivity index (χ2v) is 6.00. The van der Waals surface area contributed by atoms with Crippen molar-refractivity contribution in [2.75, 3.05) is 26.3 Å². The molecule has 0 bridgehead atoms. The molecular weight excluding hydrogens is 337 g/mol. The first-order valence-electron chi connectivity index (χ1n) is 7.80. The van der Waals surface area contributed by atoms with Crippen LogP contribution in [-0.2, 0) is 16.0 Å². The maximum atomic E-state index is 12.3. The summed E-state index contributed by atoms with van der Waals surface area (Å²) in [5.74, 6) is 0.721. The van der Waals surface area contributed by atoms with Crippen molar-refractivity contribution in [3.05, 3.63) is 30.1 Å². The highest BCUT2D eigenvalue weighted by Gasteiger charge is 2.31. The van der Waals surface area contributed by atoms with Gasteiger partial charge in [0, 0.05) is 24.2 Å². The number of ether oxygens (including phenoxy) is 1. The number of amides is 1. The van der Waals surface area contributed by atoms with E-state index in [9.17, 15) is 4.79 Å². The molecule has 3 rings (SSSR count). The number of hydrogen-bond donors (Lipinski definition) is 2. The second kappa shape index (κ2) is 10.1. The van der Waals surface area contributed by atoms with E-state index in [2.05, 4.69) is 15.6 Å². The Morgan fingerprint density at radius 1 is 1.22 bits per heavy atom. The Bertz CT molecular complexity index is 470. The number of nitrogens with one attached hydrogen (secondary N) is 2. The Morgan fingerprint density at radius 2 is 1.91 bits per heavy atom. The Kier molecular flexibility index (Phi) is 8.84. The molecular formula is C16H25Cl2N3O2. The summed E-state index contributed by atoms with van der Waals surface area (Å²) in [6.07, 6.45) is 6.43. The zero-order chi connectivity index (χ0) is 14.5. The topological polar surface area (TPSA) is 63.2 Å². The predicted octanol–water partition coefficient (Wildman–Crippen LogP) is 1.60. The molecule has 2 N–H and O–H groups in total. The lowest BCUT2D eigenvalue weighted by atomic mass is 9.93. The second-order valence-electron chi connectivity index (χ2n) is 6.00. The molecule has 5 nitrogen and oxygen atoms in total. The van der Waals surface area contributed by atoms with Crippen LogP contribution in [0.5, 0.6) is 0 Å². The van der Waals surface area contributed by atoms with Crippen LogP contribution in [0.4, 0.5) is 0 Å². The van der Waals surface area contributed by atoms with E-state index >= 15 is 0 Å². The molecule has 3 heterocycles. The van der Waals surface area contributed by atoms with Gasteiger partial charge in [-0.05, 0) is 50.0 Å². The third-order valence-electron chi connectivity index (χ3n) is 4.48. The maximum absolute atomic E-state index is 12.3. The summed E-state index contributed by atoms with van der Waals surface area (Å²) in [6, 6.07) is 4.20. The summed E-state index contributed by atoms with van der Waals surface area (Å²) in [4.78, 5) is 16.4. The largest absolute Gasteiger partial charge is 0.379 e. The van der Waals surface area contributed by atoms with E-state index in [1.54, 1.807) is 0 Å². The molecule has 130 valence electrons. The van der Waals surface area contributed by atoms with Gasteiger partial charge in [0.2, 0.25) is 5.91 Å². The number of nitrogens with zero attached hydrogens (tertiary/aromatic N) is 1. The highest BCUT2D eigenvalue weighted by Crippen LogP contribution is 2.20. The molecule has 0 spiro atoms. The van der Waals surface area contributed by atoms with Crippen LogP contribution in [0.3, 0.4) is 0 Å². The molecule has 2 atom stereocenters. The van der Waals surface area contributed by atoms with Crippen molar-refractivity contribution < 1.29 is 9.53 Å². The van der Waals surface area contributed by atoms with E-state index < -0.39 is 0 Å². The fraction of sp³-hybridized carbons (Fsp3) is 0.625. The van der Waals surface area contributed by atoms with Gasteiger partial charge in [0.25, 0.3) is 0 Å². The molecule has 0 unspecified atom stereocenters. The fourth-order valence-corrected chi connectivity index (χ4v) is 3.17. The summed E-state index contributed by atoms with van der Waals surface area (Å²) >= 11 is 0. The minimum atomic E-state index is 0. The standard InChI is InChI=1S/C16H23N3O2.2ClH/c20-16(13-3-7-18-8-4-13)19-15-11-21-10-14(15)9-12-1-5-17-6-2-12;;/h1-2,5-6,13-15,18H,3-4,7-11H2,(H,19,20);2*1H/t14-,15-;;/m1../s1. The summed E-state index contributed by atoms with van der Waals surface area (Å²) in [7, 11) is 0. The Labute approximate surface area is 149 Å². The monoisotopic (exact) mass is 361 g/mol. The van der Waals surface area contributed by atoms with Crippen LogP contribution in [0.2, 0.25) is 0 Å². The summed E-state index contributed by atoms with van der Waals surface area (Å²) in [5.41, 5.74) is 1.25. The number of pyridine rings is 1. The van der Waals surface area contributed by atoms with Gasteiger partial charge < -0.3 is 15.4 Å². The lowest BCUT2D eigenvalue weighted by Crippen LogP contribution is -2.45. The summed E-state index contributed by atoms with van der Waals surface area (Å²) in [5, 5.41) is 6.51. The Hall–Kier alpha value is -0.880. The van der Waals surface area contributed by atoms with Gasteiger partial charge in [0.05, 0.1) is 19.3 Å². The smallest absolute Gasteiger partial charge is 0.223 e. The Morgan fingerprint density at radius 3 is 2.61 bits per heavy atom. The van der Waals surface area contributed by atoms with Crippen LogP contribution in [0, 0.1) is 11.8 Å². The molecule has 2 aliphatic rings. The van der Waals surface area contributed by atoms with E-state index in [1.807, 2.05) is 24.5 Å². The molecule has 7 heteroatoms. The van der Waals surface area contributed by atoms with Gasteiger partial charge >= 0.3 is 0 Å². The fourth-order valence-electron chi connectivity index (χ4n) is 3.17. The maximum Gasteiger partial charge on any atom is 0.223 e. The molecule has 2 aliphatic heterocycles. The molecule has 2 saturated heterocycles. The lowest BCUT2D eigenvalue weighted by Gasteiger charge is -2.25. The SMILES string of the molecule is Cl.Cl.O=C(N[C@@H]1COC[C@H]1Cc1ccncc1)C1CCNCC1. The number of rotatable bonds is 4. The van der Waals surface area contributed by atoms with Crippen molar-refractivity contribution >= 4 is 30.7 Å². The third-order valence-corrected chi connectivity index (χ3v) is 4.48. The average Bonchev–Trinajstić information content (AvgIpc) is 2.96. The normalized spacial score (nSPS) is 24.3. The Balaban J connectivity index is 0.00000132. The number of halogens is 2. The van der Waals surface area contributed by atoms with Crippen LogP contribution in [-0.4, -0.2) is 43.2 Å². The van der Waals surface area contributed by atoms with Gasteiger partial charge in [0.15, 0.2) is 0 Å². The minimum absolute atomic E-state index is 0. The van der Waals surface area contributed by atoms with Gasteiger partial charge in [-0.15, -0.1) is 24.8 Å². The zero-order valence-electron chi connectivity index (χ0n) is 13.1. The first-order chi connectivity index (χ1) is 10.3. The average molecular weight is 362 g/mol. The minimum Gasteiger partial charge on any atom is -0.379 e. The quantitative estimate of drug-likeness (QED) is 0.854. The number of hydrogen-bond acceptors (Lipinski definition) is 4. The van der Waals surface area contributed by atoms with Crippen molar-refractivity contribution in [1.82, 2.24) is 15.6 Å². The highest BCUT2D eigenvalue weighted by atomic mass is 35.5. The van der Waals surface area contributed by atoms with Gasteiger partial charge in [-0.3, -0.25) is 9.78 Å². The van der Waals surface area contributed by atoms with Crippen molar-refractivity contribution in [2.24, 2.45) is 11.8 Å². The number of carbonyl (C=O) groups excluding carboxylic acids is 1. The molecule has 1 aromatic heterocycles. The molecule has 0 aromatic carbocycles. The summed E-state index contributed by atoms with van der Waals surface area (Å²) < 4.78 is 5.59. The van der Waals surface area contributed by atoms with E-state index in [0.29, 0.717) is 12.5 Å². The van der Waals surface area contributed by atoms with Crippen LogP contribution in [0.1, 0.15) is 18.4 Å². The molecule has 0 radical (unpaired) electrons. The van der Waals surface area contributed by atoms with Gasteiger partial charge in [0.1, 0.15) is 0 Å². The van der Waals surface area contributed by atoms with Crippen LogP contribution < -0.4 is 10.6 Å².